The molecule has 2 aromatic rings. The highest BCUT2D eigenvalue weighted by molar-refractivity contribution is 6.32. The number of ether oxygens (including phenoxy) is 3. The Balaban J connectivity index is 1.47. The average Bonchev–Trinajstić information content (AvgIpc) is 3.12. The molecule has 0 saturated carbocycles. The van der Waals surface area contributed by atoms with Crippen molar-refractivity contribution in [1.82, 2.24) is 5.32 Å². The van der Waals surface area contributed by atoms with Crippen molar-refractivity contribution < 1.29 is 23.9 Å². The number of nitrogens with zero attached hydrogens (tertiary/aromatic N) is 1. The van der Waals surface area contributed by atoms with Gasteiger partial charge in [-0.05, 0) is 24.3 Å². The van der Waals surface area contributed by atoms with E-state index in [1.165, 1.54) is 12.1 Å². The van der Waals surface area contributed by atoms with Gasteiger partial charge < -0.3 is 19.5 Å². The Kier molecular flexibility index (Phi) is 5.64. The van der Waals surface area contributed by atoms with Crippen molar-refractivity contribution in [3.63, 3.8) is 0 Å². The number of carbonyl (C=O) groups is 1. The number of amides is 1. The van der Waals surface area contributed by atoms with E-state index in [-0.39, 0.29) is 36.2 Å². The maximum absolute atomic E-state index is 12.0. The first kappa shape index (κ1) is 18.4. The van der Waals surface area contributed by atoms with Gasteiger partial charge in [-0.15, -0.1) is 0 Å². The number of hydrogen-bond donors (Lipinski definition) is 1. The Morgan fingerprint density at radius 2 is 2.04 bits per heavy atom. The molecule has 1 aliphatic rings. The maximum atomic E-state index is 12.0. The molecule has 8 nitrogen and oxygen atoms in total. The standard InChI is InChI=1S/C18H13ClN2O6/c19-14-5-3-12(9-15(14)21(23)24)18(22)20-7-1-2-8-25-13-4-6-16-17(10-13)27-11-26-16/h3-6,9-10H,7-8,11H2,(H,20,22). The van der Waals surface area contributed by atoms with E-state index in [0.29, 0.717) is 17.2 Å². The lowest BCUT2D eigenvalue weighted by Crippen LogP contribution is -2.23. The molecular weight excluding hydrogens is 376 g/mol. The quantitative estimate of drug-likeness (QED) is 0.480. The van der Waals surface area contributed by atoms with E-state index in [1.807, 2.05) is 0 Å². The molecule has 2 aromatic carbocycles. The van der Waals surface area contributed by atoms with Crippen molar-refractivity contribution in [2.24, 2.45) is 0 Å². The summed E-state index contributed by atoms with van der Waals surface area (Å²) in [5.74, 6) is 6.88. The van der Waals surface area contributed by atoms with Crippen LogP contribution >= 0.6 is 11.6 Å². The van der Waals surface area contributed by atoms with E-state index in [2.05, 4.69) is 17.2 Å². The molecule has 0 spiro atoms. The molecule has 9 heteroatoms. The summed E-state index contributed by atoms with van der Waals surface area (Å²) >= 11 is 5.71. The second kappa shape index (κ2) is 8.29. The summed E-state index contributed by atoms with van der Waals surface area (Å²) in [6.07, 6.45) is 0. The lowest BCUT2D eigenvalue weighted by molar-refractivity contribution is -0.384. The van der Waals surface area contributed by atoms with Crippen LogP contribution < -0.4 is 19.5 Å². The van der Waals surface area contributed by atoms with Gasteiger partial charge in [0.1, 0.15) is 17.4 Å². The number of benzene rings is 2. The van der Waals surface area contributed by atoms with Crippen LogP contribution in [-0.4, -0.2) is 30.8 Å². The lowest BCUT2D eigenvalue weighted by atomic mass is 10.2. The molecule has 0 aliphatic carbocycles. The monoisotopic (exact) mass is 388 g/mol. The van der Waals surface area contributed by atoms with Crippen molar-refractivity contribution in [3.8, 4) is 29.1 Å². The average molecular weight is 389 g/mol. The number of rotatable bonds is 5. The Morgan fingerprint density at radius 1 is 1.22 bits per heavy atom. The van der Waals surface area contributed by atoms with Gasteiger partial charge >= 0.3 is 0 Å². The molecule has 0 fully saturated rings. The topological polar surface area (TPSA) is 99.9 Å². The molecule has 3 rings (SSSR count). The predicted octanol–water partition coefficient (Wildman–Crippen LogP) is 2.79. The predicted molar refractivity (Wildman–Crippen MR) is 96.3 cm³/mol. The fraction of sp³-hybridized carbons (Fsp3) is 0.167. The molecule has 1 heterocycles. The molecule has 0 radical (unpaired) electrons. The van der Waals surface area contributed by atoms with Gasteiger partial charge in [-0.1, -0.05) is 23.4 Å². The third-order valence-corrected chi connectivity index (χ3v) is 3.84. The van der Waals surface area contributed by atoms with E-state index in [4.69, 9.17) is 25.8 Å². The van der Waals surface area contributed by atoms with E-state index in [0.717, 1.165) is 6.07 Å². The molecule has 0 unspecified atom stereocenters. The van der Waals surface area contributed by atoms with Crippen LogP contribution in [0.5, 0.6) is 17.2 Å². The maximum Gasteiger partial charge on any atom is 0.288 e. The molecule has 27 heavy (non-hydrogen) atoms. The molecule has 0 saturated heterocycles. The number of hydrogen-bond acceptors (Lipinski definition) is 6. The summed E-state index contributed by atoms with van der Waals surface area (Å²) in [7, 11) is 0. The Labute approximate surface area is 159 Å². The van der Waals surface area contributed by atoms with Crippen LogP contribution in [0.25, 0.3) is 0 Å². The number of halogens is 1. The van der Waals surface area contributed by atoms with Gasteiger partial charge in [0.05, 0.1) is 11.5 Å². The lowest BCUT2D eigenvalue weighted by Gasteiger charge is -2.03. The smallest absolute Gasteiger partial charge is 0.288 e. The van der Waals surface area contributed by atoms with Crippen molar-refractivity contribution in [2.75, 3.05) is 19.9 Å². The van der Waals surface area contributed by atoms with Crippen LogP contribution in [0.15, 0.2) is 36.4 Å². The van der Waals surface area contributed by atoms with Crippen molar-refractivity contribution in [1.29, 1.82) is 0 Å². The van der Waals surface area contributed by atoms with Gasteiger partial charge in [0.2, 0.25) is 6.79 Å². The number of nitro benzene ring substituents is 1. The van der Waals surface area contributed by atoms with Gasteiger partial charge in [0, 0.05) is 17.7 Å². The zero-order valence-electron chi connectivity index (χ0n) is 13.9. The number of nitrogens with one attached hydrogen (secondary N) is 1. The minimum absolute atomic E-state index is 0.0305. The molecule has 1 N–H and O–H groups in total. The normalized spacial score (nSPS) is 11.3. The van der Waals surface area contributed by atoms with Crippen LogP contribution in [0.1, 0.15) is 10.4 Å². The number of carbonyl (C=O) groups excluding carboxylic acids is 1. The number of fused-ring (bicyclic) bond motifs is 1. The second-order valence-corrected chi connectivity index (χ2v) is 5.67. The molecule has 0 aromatic heterocycles. The Bertz CT molecular complexity index is 951. The van der Waals surface area contributed by atoms with Crippen LogP contribution in [0.2, 0.25) is 5.02 Å². The summed E-state index contributed by atoms with van der Waals surface area (Å²) in [4.78, 5) is 22.2. The molecule has 1 amide bonds. The van der Waals surface area contributed by atoms with E-state index < -0.39 is 10.8 Å². The van der Waals surface area contributed by atoms with Crippen molar-refractivity contribution in [3.05, 3.63) is 57.1 Å². The van der Waals surface area contributed by atoms with E-state index in [9.17, 15) is 14.9 Å². The minimum Gasteiger partial charge on any atom is -0.481 e. The molecule has 0 bridgehead atoms. The summed E-state index contributed by atoms with van der Waals surface area (Å²) in [6.45, 7) is 0.386. The summed E-state index contributed by atoms with van der Waals surface area (Å²) in [5, 5.41) is 13.4. The third-order valence-electron chi connectivity index (χ3n) is 3.52. The summed E-state index contributed by atoms with van der Waals surface area (Å²) in [5.41, 5.74) is -0.197. The van der Waals surface area contributed by atoms with Crippen LogP contribution in [0.3, 0.4) is 0 Å². The van der Waals surface area contributed by atoms with Crippen LogP contribution in [0, 0.1) is 22.0 Å². The highest BCUT2D eigenvalue weighted by atomic mass is 35.5. The highest BCUT2D eigenvalue weighted by Gasteiger charge is 2.16. The fourth-order valence-electron chi connectivity index (χ4n) is 2.22. The highest BCUT2D eigenvalue weighted by Crippen LogP contribution is 2.35. The van der Waals surface area contributed by atoms with Crippen LogP contribution in [0.4, 0.5) is 5.69 Å². The first-order valence-electron chi connectivity index (χ1n) is 7.75. The molecule has 1 aliphatic heterocycles. The van der Waals surface area contributed by atoms with Crippen molar-refractivity contribution in [2.45, 2.75) is 0 Å². The Hall–Kier alpha value is -3.44. The van der Waals surface area contributed by atoms with E-state index >= 15 is 0 Å². The fourth-order valence-corrected chi connectivity index (χ4v) is 2.41. The second-order valence-electron chi connectivity index (χ2n) is 5.26. The molecule has 0 atom stereocenters. The Morgan fingerprint density at radius 3 is 2.85 bits per heavy atom. The third kappa shape index (κ3) is 4.59. The first-order chi connectivity index (χ1) is 13.0. The summed E-state index contributed by atoms with van der Waals surface area (Å²) in [6, 6.07) is 9.02. The first-order valence-corrected chi connectivity index (χ1v) is 8.12. The largest absolute Gasteiger partial charge is 0.481 e. The summed E-state index contributed by atoms with van der Waals surface area (Å²) < 4.78 is 15.9. The molecule has 138 valence electrons. The SMILES string of the molecule is O=C(NCC#CCOc1ccc2c(c1)OCO2)c1ccc(Cl)c([N+](=O)[O-])c1. The van der Waals surface area contributed by atoms with Gasteiger partial charge in [-0.2, -0.15) is 0 Å². The minimum atomic E-state index is -0.646. The van der Waals surface area contributed by atoms with Crippen molar-refractivity contribution >= 4 is 23.2 Å². The van der Waals surface area contributed by atoms with Gasteiger partial charge in [-0.25, -0.2) is 0 Å². The number of nitro groups is 1. The zero-order chi connectivity index (χ0) is 19.2. The zero-order valence-corrected chi connectivity index (χ0v) is 14.6. The van der Waals surface area contributed by atoms with E-state index in [1.54, 1.807) is 18.2 Å². The van der Waals surface area contributed by atoms with Gasteiger partial charge in [0.15, 0.2) is 11.5 Å². The van der Waals surface area contributed by atoms with Gasteiger partial charge in [0.25, 0.3) is 11.6 Å². The van der Waals surface area contributed by atoms with Crippen LogP contribution in [-0.2, 0) is 0 Å². The molecular formula is C18H13ClN2O6. The van der Waals surface area contributed by atoms with Gasteiger partial charge in [-0.3, -0.25) is 14.9 Å².